The molecule has 2 atom stereocenters. The standard InChI is InChI=1S/C22H33F2N3O2/c1-16(17-6-7-20(23)21(24)13-17)14-26-22(25-2)27-10-8-18(9-11-27)29-15-19-5-3-4-12-28-19/h6-7,13,16,18-19H,3-5,8-12,14-15H2,1-2H3,(H,25,26). The van der Waals surface area contributed by atoms with E-state index in [9.17, 15) is 8.78 Å². The van der Waals surface area contributed by atoms with Crippen LogP contribution in [-0.2, 0) is 9.47 Å². The van der Waals surface area contributed by atoms with Crippen LogP contribution in [-0.4, -0.2) is 63.0 Å². The lowest BCUT2D eigenvalue weighted by molar-refractivity contribution is -0.0721. The minimum absolute atomic E-state index is 0.0400. The Morgan fingerprint density at radius 3 is 2.69 bits per heavy atom. The van der Waals surface area contributed by atoms with E-state index < -0.39 is 11.6 Å². The molecule has 1 N–H and O–H groups in total. The lowest BCUT2D eigenvalue weighted by atomic mass is 10.0. The molecule has 1 aromatic rings. The first-order valence-electron chi connectivity index (χ1n) is 10.7. The second-order valence-electron chi connectivity index (χ2n) is 8.01. The van der Waals surface area contributed by atoms with E-state index in [1.54, 1.807) is 13.1 Å². The van der Waals surface area contributed by atoms with Crippen molar-refractivity contribution in [2.45, 2.75) is 57.2 Å². The molecule has 3 rings (SSSR count). The third-order valence-electron chi connectivity index (χ3n) is 5.82. The van der Waals surface area contributed by atoms with Crippen molar-refractivity contribution in [2.75, 3.05) is 39.9 Å². The first kappa shape index (κ1) is 22.0. The predicted molar refractivity (Wildman–Crippen MR) is 110 cm³/mol. The van der Waals surface area contributed by atoms with Crippen molar-refractivity contribution in [1.29, 1.82) is 0 Å². The number of hydrogen-bond acceptors (Lipinski definition) is 3. The molecule has 29 heavy (non-hydrogen) atoms. The third-order valence-corrected chi connectivity index (χ3v) is 5.82. The number of nitrogens with one attached hydrogen (secondary N) is 1. The van der Waals surface area contributed by atoms with Gasteiger partial charge in [0.05, 0.1) is 18.8 Å². The number of guanidine groups is 1. The number of likely N-dealkylation sites (tertiary alicyclic amines) is 1. The number of nitrogens with zero attached hydrogens (tertiary/aromatic N) is 2. The summed E-state index contributed by atoms with van der Waals surface area (Å²) in [6, 6.07) is 4.08. The molecule has 0 aliphatic carbocycles. The maximum atomic E-state index is 13.5. The Bertz CT molecular complexity index is 672. The Morgan fingerprint density at radius 2 is 2.03 bits per heavy atom. The highest BCUT2D eigenvalue weighted by Gasteiger charge is 2.24. The van der Waals surface area contributed by atoms with Crippen LogP contribution in [0.15, 0.2) is 23.2 Å². The van der Waals surface area contributed by atoms with Gasteiger partial charge in [0, 0.05) is 33.3 Å². The summed E-state index contributed by atoms with van der Waals surface area (Å²) in [7, 11) is 1.77. The Balaban J connectivity index is 1.41. The first-order valence-corrected chi connectivity index (χ1v) is 10.7. The molecular weight excluding hydrogens is 376 g/mol. The van der Waals surface area contributed by atoms with Gasteiger partial charge in [-0.3, -0.25) is 4.99 Å². The van der Waals surface area contributed by atoms with Crippen molar-refractivity contribution in [3.63, 3.8) is 0 Å². The summed E-state index contributed by atoms with van der Waals surface area (Å²) >= 11 is 0. The fourth-order valence-electron chi connectivity index (χ4n) is 3.93. The topological polar surface area (TPSA) is 46.1 Å². The summed E-state index contributed by atoms with van der Waals surface area (Å²) in [6.07, 6.45) is 5.96. The highest BCUT2D eigenvalue weighted by molar-refractivity contribution is 5.80. The minimum Gasteiger partial charge on any atom is -0.376 e. The summed E-state index contributed by atoms with van der Waals surface area (Å²) in [5.74, 6) is -0.740. The second-order valence-corrected chi connectivity index (χ2v) is 8.01. The zero-order valence-corrected chi connectivity index (χ0v) is 17.5. The summed E-state index contributed by atoms with van der Waals surface area (Å²) in [4.78, 5) is 6.62. The molecule has 0 aromatic heterocycles. The van der Waals surface area contributed by atoms with Crippen LogP contribution in [0.3, 0.4) is 0 Å². The van der Waals surface area contributed by atoms with Gasteiger partial charge in [0.2, 0.25) is 0 Å². The highest BCUT2D eigenvalue weighted by atomic mass is 19.2. The van der Waals surface area contributed by atoms with E-state index in [-0.39, 0.29) is 18.1 Å². The van der Waals surface area contributed by atoms with Crippen molar-refractivity contribution < 1.29 is 18.3 Å². The van der Waals surface area contributed by atoms with Crippen molar-refractivity contribution in [2.24, 2.45) is 4.99 Å². The fraction of sp³-hybridized carbons (Fsp3) is 0.682. The predicted octanol–water partition coefficient (Wildman–Crippen LogP) is 3.69. The number of aliphatic imine (C=N–C) groups is 1. The third kappa shape index (κ3) is 6.37. The fourth-order valence-corrected chi connectivity index (χ4v) is 3.93. The van der Waals surface area contributed by atoms with Gasteiger partial charge in [0.1, 0.15) is 0 Å². The summed E-state index contributed by atoms with van der Waals surface area (Å²) in [5, 5.41) is 3.37. The van der Waals surface area contributed by atoms with Crippen LogP contribution in [0.25, 0.3) is 0 Å². The lowest BCUT2D eigenvalue weighted by Gasteiger charge is -2.35. The van der Waals surface area contributed by atoms with Crippen LogP contribution in [0.5, 0.6) is 0 Å². The molecule has 2 aliphatic heterocycles. The molecule has 0 bridgehead atoms. The monoisotopic (exact) mass is 409 g/mol. The smallest absolute Gasteiger partial charge is 0.193 e. The lowest BCUT2D eigenvalue weighted by Crippen LogP contribution is -2.48. The molecule has 0 radical (unpaired) electrons. The van der Waals surface area contributed by atoms with Gasteiger partial charge < -0.3 is 19.7 Å². The number of hydrogen-bond donors (Lipinski definition) is 1. The van der Waals surface area contributed by atoms with Crippen LogP contribution in [0.2, 0.25) is 0 Å². The van der Waals surface area contributed by atoms with Crippen LogP contribution in [0.1, 0.15) is 50.5 Å². The zero-order valence-electron chi connectivity index (χ0n) is 17.5. The number of halogens is 2. The molecule has 2 saturated heterocycles. The van der Waals surface area contributed by atoms with E-state index >= 15 is 0 Å². The molecule has 7 heteroatoms. The Kier molecular flexibility index (Phi) is 8.24. The Hall–Kier alpha value is -1.73. The second kappa shape index (κ2) is 10.9. The minimum atomic E-state index is -0.815. The van der Waals surface area contributed by atoms with Crippen LogP contribution < -0.4 is 5.32 Å². The molecular formula is C22H33F2N3O2. The van der Waals surface area contributed by atoms with Gasteiger partial charge in [0.25, 0.3) is 0 Å². The average Bonchev–Trinajstić information content (AvgIpc) is 2.76. The van der Waals surface area contributed by atoms with Crippen molar-refractivity contribution in [3.05, 3.63) is 35.4 Å². The number of benzene rings is 1. The van der Waals surface area contributed by atoms with Gasteiger partial charge in [-0.25, -0.2) is 8.78 Å². The first-order chi connectivity index (χ1) is 14.1. The molecule has 0 saturated carbocycles. The van der Waals surface area contributed by atoms with Crippen molar-refractivity contribution in [3.8, 4) is 0 Å². The largest absolute Gasteiger partial charge is 0.376 e. The quantitative estimate of drug-likeness (QED) is 0.575. The normalized spacial score (nSPS) is 22.6. The number of ether oxygens (including phenoxy) is 2. The van der Waals surface area contributed by atoms with E-state index in [1.807, 2.05) is 6.92 Å². The maximum Gasteiger partial charge on any atom is 0.193 e. The van der Waals surface area contributed by atoms with Crippen LogP contribution in [0, 0.1) is 11.6 Å². The summed E-state index contributed by atoms with van der Waals surface area (Å²) < 4.78 is 38.4. The van der Waals surface area contributed by atoms with Gasteiger partial charge in [-0.1, -0.05) is 13.0 Å². The van der Waals surface area contributed by atoms with Crippen molar-refractivity contribution in [1.82, 2.24) is 10.2 Å². The average molecular weight is 410 g/mol. The number of piperidine rings is 1. The van der Waals surface area contributed by atoms with Gasteiger partial charge in [-0.05, 0) is 55.7 Å². The molecule has 5 nitrogen and oxygen atoms in total. The van der Waals surface area contributed by atoms with E-state index in [0.717, 1.165) is 56.9 Å². The number of rotatable bonds is 6. The van der Waals surface area contributed by atoms with Gasteiger partial charge in [-0.15, -0.1) is 0 Å². The Morgan fingerprint density at radius 1 is 1.24 bits per heavy atom. The van der Waals surface area contributed by atoms with E-state index in [0.29, 0.717) is 13.2 Å². The SMILES string of the molecule is CN=C(NCC(C)c1ccc(F)c(F)c1)N1CCC(OCC2CCCCO2)CC1. The highest BCUT2D eigenvalue weighted by Crippen LogP contribution is 2.19. The molecule has 0 spiro atoms. The maximum absolute atomic E-state index is 13.5. The summed E-state index contributed by atoms with van der Waals surface area (Å²) in [5.41, 5.74) is 0.767. The van der Waals surface area contributed by atoms with Crippen molar-refractivity contribution >= 4 is 5.96 Å². The Labute approximate surface area is 172 Å². The van der Waals surface area contributed by atoms with Crippen LogP contribution in [0.4, 0.5) is 8.78 Å². The van der Waals surface area contributed by atoms with Gasteiger partial charge >= 0.3 is 0 Å². The molecule has 1 aromatic carbocycles. The molecule has 2 fully saturated rings. The molecule has 2 unspecified atom stereocenters. The van der Waals surface area contributed by atoms with E-state index in [4.69, 9.17) is 9.47 Å². The summed E-state index contributed by atoms with van der Waals surface area (Å²) in [6.45, 7) is 5.92. The van der Waals surface area contributed by atoms with E-state index in [2.05, 4.69) is 15.2 Å². The van der Waals surface area contributed by atoms with Gasteiger partial charge in [-0.2, -0.15) is 0 Å². The van der Waals surface area contributed by atoms with Crippen LogP contribution >= 0.6 is 0 Å². The molecule has 0 amide bonds. The zero-order chi connectivity index (χ0) is 20.6. The molecule has 162 valence electrons. The molecule has 2 aliphatic rings. The van der Waals surface area contributed by atoms with Gasteiger partial charge in [0.15, 0.2) is 17.6 Å². The van der Waals surface area contributed by atoms with E-state index in [1.165, 1.54) is 18.6 Å². The molecule has 2 heterocycles.